The average molecular weight is 444 g/mol. The van der Waals surface area contributed by atoms with E-state index in [2.05, 4.69) is 5.10 Å². The molecule has 0 radical (unpaired) electrons. The monoisotopic (exact) mass is 443 g/mol. The maximum Gasteiger partial charge on any atom is 0.307 e. The summed E-state index contributed by atoms with van der Waals surface area (Å²) < 4.78 is 1.63. The number of aliphatic carboxylic acids is 1. The SMILES string of the molecule is CC(=O)N1CC=C(c2cc(Cl)c(-c3ccn4ncc(CC(=O)O)c4c3)c(Cl)c2)CC1. The second kappa shape index (κ2) is 8.13. The Hall–Kier alpha value is -2.83. The maximum atomic E-state index is 11.5. The summed E-state index contributed by atoms with van der Waals surface area (Å²) in [5.41, 5.74) is 4.85. The van der Waals surface area contributed by atoms with Crippen LogP contribution in [0.15, 0.2) is 42.7 Å². The molecule has 154 valence electrons. The van der Waals surface area contributed by atoms with Crippen molar-refractivity contribution in [3.8, 4) is 11.1 Å². The lowest BCUT2D eigenvalue weighted by Gasteiger charge is -2.25. The van der Waals surface area contributed by atoms with E-state index in [0.717, 1.165) is 23.1 Å². The number of rotatable bonds is 4. The van der Waals surface area contributed by atoms with Crippen LogP contribution in [-0.2, 0) is 16.0 Å². The van der Waals surface area contributed by atoms with E-state index in [-0.39, 0.29) is 12.3 Å². The quantitative estimate of drug-likeness (QED) is 0.640. The van der Waals surface area contributed by atoms with Crippen LogP contribution in [0.1, 0.15) is 24.5 Å². The standard InChI is InChI=1S/C22H19Cl2N3O3/c1-13(28)26-5-2-14(3-6-26)16-8-18(23)22(19(24)9-16)15-4-7-27-20(10-15)17(12-25-27)11-21(29)30/h2,4,7-10,12H,3,5-6,11H2,1H3,(H,29,30). The molecule has 1 aromatic carbocycles. The van der Waals surface area contributed by atoms with Gasteiger partial charge in [-0.25, -0.2) is 4.52 Å². The molecule has 0 bridgehead atoms. The number of benzene rings is 1. The Morgan fingerprint density at radius 3 is 2.50 bits per heavy atom. The van der Waals surface area contributed by atoms with Gasteiger partial charge in [-0.1, -0.05) is 29.3 Å². The average Bonchev–Trinajstić information content (AvgIpc) is 3.09. The van der Waals surface area contributed by atoms with Gasteiger partial charge in [0.1, 0.15) is 0 Å². The molecule has 0 atom stereocenters. The first kappa shape index (κ1) is 20.4. The molecule has 1 N–H and O–H groups in total. The van der Waals surface area contributed by atoms with E-state index in [4.69, 9.17) is 28.3 Å². The topological polar surface area (TPSA) is 74.9 Å². The zero-order valence-corrected chi connectivity index (χ0v) is 17.7. The number of fused-ring (bicyclic) bond motifs is 1. The predicted octanol–water partition coefficient (Wildman–Crippen LogP) is 4.57. The first-order chi connectivity index (χ1) is 14.3. The van der Waals surface area contributed by atoms with Crippen molar-refractivity contribution in [3.05, 3.63) is 63.9 Å². The molecule has 2 aromatic heterocycles. The molecule has 1 aliphatic heterocycles. The van der Waals surface area contributed by atoms with Crippen LogP contribution in [0.3, 0.4) is 0 Å². The summed E-state index contributed by atoms with van der Waals surface area (Å²) in [6.07, 6.45) is 5.98. The molecule has 0 fully saturated rings. The molecule has 3 heterocycles. The number of amides is 1. The van der Waals surface area contributed by atoms with E-state index < -0.39 is 5.97 Å². The molecule has 0 saturated carbocycles. The van der Waals surface area contributed by atoms with Crippen molar-refractivity contribution in [3.63, 3.8) is 0 Å². The molecule has 0 saturated heterocycles. The highest BCUT2D eigenvalue weighted by molar-refractivity contribution is 6.39. The van der Waals surface area contributed by atoms with Crippen molar-refractivity contribution in [1.29, 1.82) is 0 Å². The lowest BCUT2D eigenvalue weighted by Crippen LogP contribution is -2.32. The summed E-state index contributed by atoms with van der Waals surface area (Å²) in [4.78, 5) is 24.4. The van der Waals surface area contributed by atoms with Crippen molar-refractivity contribution < 1.29 is 14.7 Å². The molecule has 0 unspecified atom stereocenters. The Kier molecular flexibility index (Phi) is 5.54. The molecule has 6 nitrogen and oxygen atoms in total. The van der Waals surface area contributed by atoms with Gasteiger partial charge in [0.05, 0.1) is 28.2 Å². The molecule has 1 amide bonds. The van der Waals surface area contributed by atoms with Gasteiger partial charge < -0.3 is 10.0 Å². The highest BCUT2D eigenvalue weighted by atomic mass is 35.5. The van der Waals surface area contributed by atoms with Crippen molar-refractivity contribution in [2.24, 2.45) is 0 Å². The van der Waals surface area contributed by atoms with Gasteiger partial charge in [-0.15, -0.1) is 0 Å². The number of halogens is 2. The first-order valence-electron chi connectivity index (χ1n) is 9.46. The minimum atomic E-state index is -0.917. The summed E-state index contributed by atoms with van der Waals surface area (Å²) >= 11 is 13.2. The third kappa shape index (κ3) is 3.93. The van der Waals surface area contributed by atoms with Gasteiger partial charge in [0.15, 0.2) is 0 Å². The smallest absolute Gasteiger partial charge is 0.307 e. The molecule has 3 aromatic rings. The third-order valence-electron chi connectivity index (χ3n) is 5.30. The zero-order valence-electron chi connectivity index (χ0n) is 16.2. The Morgan fingerprint density at radius 2 is 1.90 bits per heavy atom. The number of carbonyl (C=O) groups excluding carboxylic acids is 1. The summed E-state index contributed by atoms with van der Waals surface area (Å²) in [6, 6.07) is 7.47. The second-order valence-electron chi connectivity index (χ2n) is 7.24. The summed E-state index contributed by atoms with van der Waals surface area (Å²) in [7, 11) is 0. The van der Waals surface area contributed by atoms with E-state index in [1.54, 1.807) is 28.7 Å². The second-order valence-corrected chi connectivity index (χ2v) is 8.06. The van der Waals surface area contributed by atoms with E-state index in [1.165, 1.54) is 0 Å². The van der Waals surface area contributed by atoms with Gasteiger partial charge in [0.25, 0.3) is 0 Å². The van der Waals surface area contributed by atoms with Gasteiger partial charge in [-0.05, 0) is 47.4 Å². The largest absolute Gasteiger partial charge is 0.481 e. The van der Waals surface area contributed by atoms with Crippen molar-refractivity contribution in [2.45, 2.75) is 19.8 Å². The van der Waals surface area contributed by atoms with E-state index >= 15 is 0 Å². The van der Waals surface area contributed by atoms with Crippen LogP contribution in [0.2, 0.25) is 10.0 Å². The van der Waals surface area contributed by atoms with Crippen LogP contribution in [0.4, 0.5) is 0 Å². The van der Waals surface area contributed by atoms with Crippen LogP contribution in [0.25, 0.3) is 22.2 Å². The molecule has 0 aliphatic carbocycles. The van der Waals surface area contributed by atoms with Crippen molar-refractivity contribution in [1.82, 2.24) is 14.5 Å². The van der Waals surface area contributed by atoms with E-state index in [9.17, 15) is 9.59 Å². The minimum Gasteiger partial charge on any atom is -0.481 e. The van der Waals surface area contributed by atoms with Gasteiger partial charge in [0, 0.05) is 37.3 Å². The molecular weight excluding hydrogens is 425 g/mol. The molecule has 1 aliphatic rings. The van der Waals surface area contributed by atoms with Gasteiger partial charge >= 0.3 is 5.97 Å². The minimum absolute atomic E-state index is 0.0641. The van der Waals surface area contributed by atoms with Gasteiger partial charge in [0.2, 0.25) is 5.91 Å². The number of hydrogen-bond acceptors (Lipinski definition) is 3. The lowest BCUT2D eigenvalue weighted by atomic mass is 9.96. The number of nitrogens with zero attached hydrogens (tertiary/aromatic N) is 3. The Labute approximate surface area is 183 Å². The summed E-state index contributed by atoms with van der Waals surface area (Å²) in [5.74, 6) is -0.853. The van der Waals surface area contributed by atoms with Crippen LogP contribution < -0.4 is 0 Å². The lowest BCUT2D eigenvalue weighted by molar-refractivity contribution is -0.136. The Morgan fingerprint density at radius 1 is 1.17 bits per heavy atom. The first-order valence-corrected chi connectivity index (χ1v) is 10.2. The number of carboxylic acid groups (broad SMARTS) is 1. The third-order valence-corrected chi connectivity index (χ3v) is 5.90. The van der Waals surface area contributed by atoms with Crippen LogP contribution >= 0.6 is 23.2 Å². The molecule has 4 rings (SSSR count). The molecule has 30 heavy (non-hydrogen) atoms. The van der Waals surface area contributed by atoms with E-state index in [0.29, 0.717) is 39.8 Å². The normalized spacial score (nSPS) is 14.1. The van der Waals surface area contributed by atoms with Gasteiger partial charge in [-0.3, -0.25) is 9.59 Å². The Balaban J connectivity index is 1.70. The molecule has 0 spiro atoms. The molecular formula is C22H19Cl2N3O3. The van der Waals surface area contributed by atoms with Crippen molar-refractivity contribution >= 4 is 46.2 Å². The Bertz CT molecular complexity index is 1180. The highest BCUT2D eigenvalue weighted by Gasteiger charge is 2.18. The fraction of sp³-hybridized carbons (Fsp3) is 0.227. The maximum absolute atomic E-state index is 11.5. The fourth-order valence-electron chi connectivity index (χ4n) is 3.74. The van der Waals surface area contributed by atoms with Crippen LogP contribution in [0, 0.1) is 0 Å². The molecule has 8 heteroatoms. The summed E-state index contributed by atoms with van der Waals surface area (Å²) in [6.45, 7) is 2.81. The number of carboxylic acids is 1. The number of carbonyl (C=O) groups is 2. The van der Waals surface area contributed by atoms with E-state index in [1.807, 2.05) is 30.3 Å². The number of hydrogen-bond donors (Lipinski definition) is 1. The van der Waals surface area contributed by atoms with Crippen LogP contribution in [-0.4, -0.2) is 44.6 Å². The summed E-state index contributed by atoms with van der Waals surface area (Å²) in [5, 5.41) is 14.3. The van der Waals surface area contributed by atoms with Gasteiger partial charge in [-0.2, -0.15) is 5.10 Å². The number of pyridine rings is 1. The predicted molar refractivity (Wildman–Crippen MR) is 117 cm³/mol. The zero-order chi connectivity index (χ0) is 21.4. The van der Waals surface area contributed by atoms with Crippen molar-refractivity contribution in [2.75, 3.05) is 13.1 Å². The highest BCUT2D eigenvalue weighted by Crippen LogP contribution is 2.39. The number of aromatic nitrogens is 2. The fourth-order valence-corrected chi connectivity index (χ4v) is 4.44. The van der Waals surface area contributed by atoms with Crippen LogP contribution in [0.5, 0.6) is 0 Å².